The maximum Gasteiger partial charge on any atom is 0.206 e. The predicted octanol–water partition coefficient (Wildman–Crippen LogP) is 1.39. The van der Waals surface area contributed by atoms with Crippen LogP contribution in [0.15, 0.2) is 33.5 Å². The fourth-order valence-electron chi connectivity index (χ4n) is 1.02. The van der Waals surface area contributed by atoms with E-state index < -0.39 is 0 Å². The van der Waals surface area contributed by atoms with E-state index in [0.717, 1.165) is 5.56 Å². The second-order valence-electron chi connectivity index (χ2n) is 2.36. The zero-order chi connectivity index (χ0) is 8.39. The number of rotatable bonds is 2. The van der Waals surface area contributed by atoms with Crippen molar-refractivity contribution in [2.24, 2.45) is 5.73 Å². The zero-order valence-corrected chi connectivity index (χ0v) is 6.36. The minimum Gasteiger partial charge on any atom is -0.461 e. The number of hydrogen-bond donors (Lipinski definition) is 1. The van der Waals surface area contributed by atoms with Crippen molar-refractivity contribution in [3.05, 3.63) is 30.2 Å². The van der Waals surface area contributed by atoms with Gasteiger partial charge in [-0.15, -0.1) is 0 Å². The quantitative estimate of drug-likeness (QED) is 0.728. The monoisotopic (exact) mass is 164 g/mol. The van der Waals surface area contributed by atoms with Crippen LogP contribution in [0, 0.1) is 0 Å². The van der Waals surface area contributed by atoms with E-state index in [-0.39, 0.29) is 0 Å². The second kappa shape index (κ2) is 2.83. The Hall–Kier alpha value is -1.55. The summed E-state index contributed by atoms with van der Waals surface area (Å²) in [5, 5.41) is 3.63. The van der Waals surface area contributed by atoms with Crippen LogP contribution in [-0.2, 0) is 6.54 Å². The van der Waals surface area contributed by atoms with Crippen molar-refractivity contribution < 1.29 is 8.94 Å². The van der Waals surface area contributed by atoms with Crippen LogP contribution in [-0.4, -0.2) is 5.16 Å². The number of furan rings is 1. The molecule has 12 heavy (non-hydrogen) atoms. The topological polar surface area (TPSA) is 65.2 Å². The van der Waals surface area contributed by atoms with E-state index in [9.17, 15) is 0 Å². The number of nitrogens with two attached hydrogens (primary N) is 1. The normalized spacial score (nSPS) is 10.4. The summed E-state index contributed by atoms with van der Waals surface area (Å²) in [5.41, 5.74) is 6.31. The average Bonchev–Trinajstić information content (AvgIpc) is 2.74. The van der Waals surface area contributed by atoms with Crippen molar-refractivity contribution in [2.75, 3.05) is 0 Å². The van der Waals surface area contributed by atoms with E-state index in [4.69, 9.17) is 14.7 Å². The van der Waals surface area contributed by atoms with E-state index >= 15 is 0 Å². The van der Waals surface area contributed by atoms with Crippen molar-refractivity contribution >= 4 is 0 Å². The lowest BCUT2D eigenvalue weighted by Gasteiger charge is -1.91. The Morgan fingerprint density at radius 2 is 2.42 bits per heavy atom. The van der Waals surface area contributed by atoms with Gasteiger partial charge in [0.2, 0.25) is 5.76 Å². The maximum atomic E-state index is 5.46. The van der Waals surface area contributed by atoms with Crippen molar-refractivity contribution in [2.45, 2.75) is 6.54 Å². The number of aromatic nitrogens is 1. The molecule has 0 unspecified atom stereocenters. The molecule has 4 nitrogen and oxygen atoms in total. The molecule has 0 atom stereocenters. The van der Waals surface area contributed by atoms with Crippen LogP contribution in [0.4, 0.5) is 0 Å². The molecule has 0 radical (unpaired) electrons. The number of nitrogens with zero attached hydrogens (tertiary/aromatic N) is 1. The van der Waals surface area contributed by atoms with E-state index in [2.05, 4.69) is 5.16 Å². The molecule has 62 valence electrons. The molecule has 2 heterocycles. The van der Waals surface area contributed by atoms with Gasteiger partial charge in [-0.25, -0.2) is 0 Å². The molecule has 2 aromatic heterocycles. The minimum absolute atomic E-state index is 0.402. The smallest absolute Gasteiger partial charge is 0.206 e. The van der Waals surface area contributed by atoms with Gasteiger partial charge in [-0.3, -0.25) is 0 Å². The summed E-state index contributed by atoms with van der Waals surface area (Å²) in [6.45, 7) is 0.402. The van der Waals surface area contributed by atoms with Gasteiger partial charge in [-0.1, -0.05) is 5.16 Å². The summed E-state index contributed by atoms with van der Waals surface area (Å²) >= 11 is 0. The predicted molar refractivity (Wildman–Crippen MR) is 42.1 cm³/mol. The standard InChI is InChI=1S/C8H8N2O2/c9-4-6-5-10-12-8(6)7-2-1-3-11-7/h1-3,5H,4,9H2. The zero-order valence-electron chi connectivity index (χ0n) is 6.36. The lowest BCUT2D eigenvalue weighted by Crippen LogP contribution is -1.95. The molecule has 0 fully saturated rings. The first-order valence-corrected chi connectivity index (χ1v) is 3.59. The van der Waals surface area contributed by atoms with Crippen LogP contribution in [0.1, 0.15) is 5.56 Å². The van der Waals surface area contributed by atoms with Gasteiger partial charge in [-0.05, 0) is 12.1 Å². The lowest BCUT2D eigenvalue weighted by atomic mass is 10.2. The highest BCUT2D eigenvalue weighted by Crippen LogP contribution is 2.22. The maximum absolute atomic E-state index is 5.46. The molecular formula is C8H8N2O2. The van der Waals surface area contributed by atoms with Crippen LogP contribution >= 0.6 is 0 Å². The van der Waals surface area contributed by atoms with Gasteiger partial charge in [0, 0.05) is 12.1 Å². The van der Waals surface area contributed by atoms with Gasteiger partial charge in [0.15, 0.2) is 5.76 Å². The van der Waals surface area contributed by atoms with Gasteiger partial charge < -0.3 is 14.7 Å². The van der Waals surface area contributed by atoms with E-state index in [0.29, 0.717) is 18.1 Å². The van der Waals surface area contributed by atoms with Crippen LogP contribution in [0.3, 0.4) is 0 Å². The Morgan fingerprint density at radius 3 is 3.08 bits per heavy atom. The molecule has 2 rings (SSSR count). The van der Waals surface area contributed by atoms with Crippen LogP contribution in [0.2, 0.25) is 0 Å². The Labute approximate surface area is 69.0 Å². The van der Waals surface area contributed by atoms with Crippen molar-refractivity contribution in [1.82, 2.24) is 5.16 Å². The number of hydrogen-bond acceptors (Lipinski definition) is 4. The highest BCUT2D eigenvalue weighted by atomic mass is 16.5. The molecule has 0 amide bonds. The lowest BCUT2D eigenvalue weighted by molar-refractivity contribution is 0.417. The van der Waals surface area contributed by atoms with Crippen LogP contribution in [0.5, 0.6) is 0 Å². The molecule has 0 saturated heterocycles. The largest absolute Gasteiger partial charge is 0.461 e. The fourth-order valence-corrected chi connectivity index (χ4v) is 1.02. The fraction of sp³-hybridized carbons (Fsp3) is 0.125. The van der Waals surface area contributed by atoms with Gasteiger partial charge in [0.05, 0.1) is 12.5 Å². The minimum atomic E-state index is 0.402. The van der Waals surface area contributed by atoms with Gasteiger partial charge in [0.1, 0.15) is 0 Å². The molecule has 0 aliphatic carbocycles. The molecule has 2 aromatic rings. The highest BCUT2D eigenvalue weighted by Gasteiger charge is 2.10. The Kier molecular flexibility index (Phi) is 1.68. The summed E-state index contributed by atoms with van der Waals surface area (Å²) in [4.78, 5) is 0. The van der Waals surface area contributed by atoms with E-state index in [1.54, 1.807) is 24.6 Å². The summed E-state index contributed by atoms with van der Waals surface area (Å²) < 4.78 is 10.1. The molecule has 0 aromatic carbocycles. The third kappa shape index (κ3) is 1.02. The highest BCUT2D eigenvalue weighted by molar-refractivity contribution is 5.53. The first kappa shape index (κ1) is 7.12. The summed E-state index contributed by atoms with van der Waals surface area (Å²) in [7, 11) is 0. The van der Waals surface area contributed by atoms with Gasteiger partial charge >= 0.3 is 0 Å². The second-order valence-corrected chi connectivity index (χ2v) is 2.36. The van der Waals surface area contributed by atoms with Crippen molar-refractivity contribution in [3.8, 4) is 11.5 Å². The summed E-state index contributed by atoms with van der Waals surface area (Å²) in [6.07, 6.45) is 3.18. The SMILES string of the molecule is NCc1cnoc1-c1ccco1. The average molecular weight is 164 g/mol. The molecule has 4 heteroatoms. The van der Waals surface area contributed by atoms with Crippen LogP contribution < -0.4 is 5.73 Å². The van der Waals surface area contributed by atoms with Crippen molar-refractivity contribution in [3.63, 3.8) is 0 Å². The molecule has 2 N–H and O–H groups in total. The first-order valence-electron chi connectivity index (χ1n) is 3.59. The van der Waals surface area contributed by atoms with Crippen LogP contribution in [0.25, 0.3) is 11.5 Å². The Morgan fingerprint density at radius 1 is 1.50 bits per heavy atom. The first-order chi connectivity index (χ1) is 5.92. The van der Waals surface area contributed by atoms with Gasteiger partial charge in [0.25, 0.3) is 0 Å². The third-order valence-electron chi connectivity index (χ3n) is 1.61. The Balaban J connectivity index is 2.46. The molecular weight excluding hydrogens is 156 g/mol. The van der Waals surface area contributed by atoms with E-state index in [1.807, 2.05) is 0 Å². The molecule has 0 spiro atoms. The summed E-state index contributed by atoms with van der Waals surface area (Å²) in [5.74, 6) is 1.27. The third-order valence-corrected chi connectivity index (χ3v) is 1.61. The summed E-state index contributed by atoms with van der Waals surface area (Å²) in [6, 6.07) is 3.60. The van der Waals surface area contributed by atoms with Gasteiger partial charge in [-0.2, -0.15) is 0 Å². The molecule has 0 saturated carbocycles. The molecule has 0 aliphatic rings. The molecule has 0 bridgehead atoms. The van der Waals surface area contributed by atoms with E-state index in [1.165, 1.54) is 0 Å². The Bertz CT molecular complexity index is 351. The van der Waals surface area contributed by atoms with Crippen molar-refractivity contribution in [1.29, 1.82) is 0 Å². The molecule has 0 aliphatic heterocycles.